The molecule has 786 valence electrons. The smallest absolute Gasteiger partial charge is 0.220 e. The average molecular weight is 1950 g/mol. The molecule has 0 bridgehead atoms. The topological polar surface area (TPSA) is 492 Å². The zero-order valence-electron chi connectivity index (χ0n) is 97.4. The van der Waals surface area contributed by atoms with Gasteiger partial charge in [0.1, 0.15) is 6.33 Å². The Hall–Kier alpha value is -11.5. The fourth-order valence-electron chi connectivity index (χ4n) is 16.5. The average Bonchev–Trinajstić information content (AvgIpc) is 0.774. The predicted molar refractivity (Wildman–Crippen MR) is 601 cm³/mol. The monoisotopic (exact) mass is 1950 g/mol. The maximum Gasteiger partial charge on any atom is 0.220 e. The van der Waals surface area contributed by atoms with Crippen molar-refractivity contribution in [2.75, 3.05) is 51.6 Å². The van der Waals surface area contributed by atoms with E-state index in [-0.39, 0.29) is 54.1 Å². The summed E-state index contributed by atoms with van der Waals surface area (Å²) in [6.07, 6.45) is 14.8. The molecule has 10 aromatic heterocycles. The summed E-state index contributed by atoms with van der Waals surface area (Å²) >= 11 is 0. The molecular formula is C113H189N29. The Kier molecular flexibility index (Phi) is 45.1. The molecule has 0 spiro atoms. The molecule has 29 nitrogen and oxygen atoms in total. The highest BCUT2D eigenvalue weighted by Gasteiger charge is 2.35. The highest BCUT2D eigenvalue weighted by atomic mass is 15.1. The molecule has 0 unspecified atom stereocenters. The number of hydrogen-bond acceptors (Lipinski definition) is 29. The fraction of sp³-hybridized carbons (Fsp3) is 0.611. The van der Waals surface area contributed by atoms with Crippen molar-refractivity contribution in [3.63, 3.8) is 0 Å². The molecule has 10 aromatic rings. The Morgan fingerprint density at radius 1 is 0.303 bits per heavy atom. The van der Waals surface area contributed by atoms with Crippen molar-refractivity contribution in [1.82, 2.24) is 99.7 Å². The van der Waals surface area contributed by atoms with Crippen LogP contribution in [0.3, 0.4) is 0 Å². The standard InChI is InChI=1S/C14H23N3.C13H23N3.2C12H21N3.C11H19N3.C11H17N3.2C10H17N3.C10H15N3.C10H16N2/c1-13(2,3)11-9-8-14(4,5)7-6-10(9)16-12(15)17-11;1-7-9-10(8(2)3)11(13(4,5)6)16-12(14)15-9;2*1-7(2)9-8(3)14-11(13)15-10(9)12(4,5)6;2*1-6-8-7(2)13-10(12)14-9(8)11(3,4)5;1-6-7(2)12-9(11)13-8(6)10(3,4)5;2*1-5-7-6-12-9(11)13-8(7)10(2,3)4;1-7-8(2)11-6-12-9(7)10(3,4)5/h6-8H2,1-5H3,(H2,15,16,17);8H,7H2,1-6H3,(H2,14,15,16);2*7H,1-6H3,(H2,13,14,15);6H2,1-5H3,(H2,12,13,14);6H,1H2,2-5H3,(H2,12,13,14);1-5H3,(H2,11,12,13);6H,5H2,1-4H3,(H2,11,12,13);5-6H,1H2,2-4H3,(H2,11,12,13);6H,1-5H3. The maximum absolute atomic E-state index is 5.82. The first-order chi connectivity index (χ1) is 64.3. The van der Waals surface area contributed by atoms with Crippen molar-refractivity contribution in [3.8, 4) is 0 Å². The molecule has 0 saturated carbocycles. The summed E-state index contributed by atoms with van der Waals surface area (Å²) < 4.78 is 0. The van der Waals surface area contributed by atoms with E-state index in [0.29, 0.717) is 76.7 Å². The summed E-state index contributed by atoms with van der Waals surface area (Å²) in [5.74, 6) is 4.63. The molecule has 0 aliphatic heterocycles. The number of hydrogen-bond donors (Lipinski definition) is 9. The lowest BCUT2D eigenvalue weighted by Crippen LogP contribution is -2.29. The molecule has 0 saturated heterocycles. The van der Waals surface area contributed by atoms with Crippen LogP contribution in [0.25, 0.3) is 12.2 Å². The van der Waals surface area contributed by atoms with E-state index in [1.165, 1.54) is 51.1 Å². The summed E-state index contributed by atoms with van der Waals surface area (Å²) in [5.41, 5.74) is 82.1. The minimum absolute atomic E-state index is 0.0145. The number of aryl methyl sites for hydroxylation is 9. The van der Waals surface area contributed by atoms with E-state index in [2.05, 4.69) is 404 Å². The SMILES string of the molecule is C=Cc1c(C)nc(N)nc1C(C)(C)C.C=Cc1cnc(N)nc1C(C)(C)C.CC1(C)CCc2nc(N)nc(C(C)(C)C)c2C1.CCc1c(C)nc(N)nc1C(C)(C)C.CCc1cnc(N)nc1C(C)(C)C.CCc1nc(N)nc(C(C)(C)C)c1C(C)C.Cc1nc(N)nc(C(C)(C)C)c1C.Cc1nc(N)nc(C(C)(C)C)c1C(C)C.Cc1nc(N)nc(C(C)(C)C)c1C(C)C.Cc1ncnc(C(C)(C)C)c1C. The van der Waals surface area contributed by atoms with Crippen molar-refractivity contribution in [2.24, 2.45) is 5.41 Å². The zero-order valence-corrected chi connectivity index (χ0v) is 97.4. The Balaban J connectivity index is 0.000000534. The summed E-state index contributed by atoms with van der Waals surface area (Å²) in [6, 6.07) is 0. The number of rotatable bonds is 8. The molecule has 18 N–H and O–H groups in total. The molecule has 1 aliphatic carbocycles. The second-order valence-electron chi connectivity index (χ2n) is 48.9. The van der Waals surface area contributed by atoms with E-state index >= 15 is 0 Å². The van der Waals surface area contributed by atoms with E-state index in [1.807, 2.05) is 54.7 Å². The number of nitrogens with zero attached hydrogens (tertiary/aromatic N) is 20. The van der Waals surface area contributed by atoms with Crippen LogP contribution in [0.4, 0.5) is 53.5 Å². The Bertz CT molecular complexity index is 5750. The molecular weight excluding hydrogens is 1760 g/mol. The maximum atomic E-state index is 5.82. The van der Waals surface area contributed by atoms with Gasteiger partial charge in [-0.15, -0.1) is 0 Å². The van der Waals surface area contributed by atoms with Gasteiger partial charge >= 0.3 is 0 Å². The van der Waals surface area contributed by atoms with Crippen molar-refractivity contribution < 1.29 is 0 Å². The van der Waals surface area contributed by atoms with E-state index in [0.717, 1.165) is 146 Å². The first-order valence-electron chi connectivity index (χ1n) is 50.1. The van der Waals surface area contributed by atoms with Gasteiger partial charge in [0, 0.05) is 118 Å². The molecule has 29 heteroatoms. The molecule has 0 amide bonds. The summed E-state index contributed by atoms with van der Waals surface area (Å²) in [6.45, 7) is 112. The van der Waals surface area contributed by atoms with Crippen LogP contribution in [-0.2, 0) is 86.3 Å². The van der Waals surface area contributed by atoms with Gasteiger partial charge in [-0.1, -0.05) is 309 Å². The van der Waals surface area contributed by atoms with Gasteiger partial charge in [0.25, 0.3) is 0 Å². The largest absolute Gasteiger partial charge is 0.368 e. The van der Waals surface area contributed by atoms with Gasteiger partial charge in [-0.25, -0.2) is 99.7 Å². The van der Waals surface area contributed by atoms with Crippen molar-refractivity contribution in [3.05, 3.63) is 190 Å². The van der Waals surface area contributed by atoms with E-state index in [1.54, 1.807) is 24.7 Å². The molecule has 11 rings (SSSR count). The minimum atomic E-state index is -0.0364. The minimum Gasteiger partial charge on any atom is -0.368 e. The first kappa shape index (κ1) is 127. The lowest BCUT2D eigenvalue weighted by molar-refractivity contribution is 0.307. The summed E-state index contributed by atoms with van der Waals surface area (Å²) in [5, 5.41) is 0. The normalized spacial score (nSPS) is 12.7. The lowest BCUT2D eigenvalue weighted by atomic mass is 9.73. The van der Waals surface area contributed by atoms with E-state index < -0.39 is 0 Å². The number of aromatic nitrogens is 20. The zero-order chi connectivity index (χ0) is 111. The van der Waals surface area contributed by atoms with Gasteiger partial charge in [-0.2, -0.15) is 0 Å². The Morgan fingerprint density at radius 3 is 0.993 bits per heavy atom. The number of nitrogen functional groups attached to an aromatic ring is 9. The fourth-order valence-corrected chi connectivity index (χ4v) is 16.5. The quantitative estimate of drug-likeness (QED) is 0.0682. The van der Waals surface area contributed by atoms with Gasteiger partial charge in [-0.3, -0.25) is 0 Å². The molecule has 10 heterocycles. The molecule has 0 atom stereocenters. The number of anilines is 9. The van der Waals surface area contributed by atoms with Crippen LogP contribution in [0.2, 0.25) is 0 Å². The van der Waals surface area contributed by atoms with Crippen LogP contribution in [0.15, 0.2) is 31.9 Å². The first-order valence-corrected chi connectivity index (χ1v) is 50.1. The van der Waals surface area contributed by atoms with Gasteiger partial charge in [0.05, 0.1) is 62.6 Å². The van der Waals surface area contributed by atoms with Gasteiger partial charge in [0.15, 0.2) is 0 Å². The van der Waals surface area contributed by atoms with E-state index in [9.17, 15) is 0 Å². The van der Waals surface area contributed by atoms with Crippen molar-refractivity contribution in [1.29, 1.82) is 0 Å². The number of nitrogens with two attached hydrogens (primary N) is 9. The van der Waals surface area contributed by atoms with Crippen LogP contribution >= 0.6 is 0 Å². The highest BCUT2D eigenvalue weighted by molar-refractivity contribution is 5.56. The van der Waals surface area contributed by atoms with Crippen LogP contribution in [0.1, 0.15) is 466 Å². The predicted octanol–water partition coefficient (Wildman–Crippen LogP) is 24.3. The van der Waals surface area contributed by atoms with Crippen LogP contribution in [-0.4, -0.2) is 99.7 Å². The van der Waals surface area contributed by atoms with Crippen LogP contribution in [0, 0.1) is 60.8 Å². The van der Waals surface area contributed by atoms with Crippen LogP contribution < -0.4 is 51.6 Å². The molecule has 0 aromatic carbocycles. The summed E-state index contributed by atoms with van der Waals surface area (Å²) in [7, 11) is 0. The van der Waals surface area contributed by atoms with Crippen LogP contribution in [0.5, 0.6) is 0 Å². The number of fused-ring (bicyclic) bond motifs is 1. The van der Waals surface area contributed by atoms with Crippen molar-refractivity contribution in [2.45, 2.75) is 450 Å². The van der Waals surface area contributed by atoms with E-state index in [4.69, 9.17) is 51.6 Å². The third-order valence-corrected chi connectivity index (χ3v) is 23.3. The molecule has 1 aliphatic rings. The Morgan fingerprint density at radius 2 is 0.627 bits per heavy atom. The third-order valence-electron chi connectivity index (χ3n) is 23.3. The second kappa shape index (κ2) is 50.6. The Labute approximate surface area is 857 Å². The second-order valence-corrected chi connectivity index (χ2v) is 48.9. The molecule has 0 fully saturated rings. The molecule has 142 heavy (non-hydrogen) atoms. The van der Waals surface area contributed by atoms with Gasteiger partial charge < -0.3 is 51.6 Å². The van der Waals surface area contributed by atoms with Gasteiger partial charge in [0.2, 0.25) is 53.5 Å². The third kappa shape index (κ3) is 38.3. The van der Waals surface area contributed by atoms with Crippen molar-refractivity contribution >= 4 is 65.7 Å². The van der Waals surface area contributed by atoms with Gasteiger partial charge in [-0.05, 0) is 162 Å². The highest BCUT2D eigenvalue weighted by Crippen LogP contribution is 2.41. The summed E-state index contributed by atoms with van der Waals surface area (Å²) in [4.78, 5) is 85.1. The lowest BCUT2D eigenvalue weighted by Gasteiger charge is -2.34. The molecule has 0 radical (unpaired) electrons.